The highest BCUT2D eigenvalue weighted by Crippen LogP contribution is 2.31. The van der Waals surface area contributed by atoms with Gasteiger partial charge in [-0.3, -0.25) is 9.69 Å². The quantitative estimate of drug-likeness (QED) is 0.456. The largest absolute Gasteiger partial charge is 0.497 e. The number of ether oxygens (including phenoxy) is 1. The van der Waals surface area contributed by atoms with Gasteiger partial charge in [-0.1, -0.05) is 19.1 Å². The Labute approximate surface area is 204 Å². The zero-order valence-corrected chi connectivity index (χ0v) is 20.8. The Bertz CT molecular complexity index is 1380. The molecule has 1 fully saturated rings. The average molecular weight is 473 g/mol. The lowest BCUT2D eigenvalue weighted by molar-refractivity contribution is 0.149. The van der Waals surface area contributed by atoms with Gasteiger partial charge in [-0.05, 0) is 109 Å². The highest BCUT2D eigenvalue weighted by molar-refractivity contribution is 5.81. The summed E-state index contributed by atoms with van der Waals surface area (Å²) in [6.45, 7) is 8.74. The molecule has 8 heteroatoms. The summed E-state index contributed by atoms with van der Waals surface area (Å²) >= 11 is 0. The maximum Gasteiger partial charge on any atom is 0.253 e. The van der Waals surface area contributed by atoms with Crippen molar-refractivity contribution in [2.75, 3.05) is 20.2 Å². The second-order valence-corrected chi connectivity index (χ2v) is 9.74. The van der Waals surface area contributed by atoms with Crippen molar-refractivity contribution in [2.45, 2.75) is 46.2 Å². The molecule has 4 aromatic rings. The van der Waals surface area contributed by atoms with E-state index in [1.165, 1.54) is 5.56 Å². The molecule has 8 nitrogen and oxygen atoms in total. The second-order valence-electron chi connectivity index (χ2n) is 9.74. The lowest BCUT2D eigenvalue weighted by Gasteiger charge is -2.35. The number of nitrogens with zero attached hydrogens (tertiary/aromatic N) is 5. The van der Waals surface area contributed by atoms with Gasteiger partial charge in [-0.25, -0.2) is 4.68 Å². The van der Waals surface area contributed by atoms with Crippen LogP contribution in [0.3, 0.4) is 0 Å². The number of pyridine rings is 1. The Hall–Kier alpha value is -3.52. The van der Waals surface area contributed by atoms with Crippen LogP contribution in [0.4, 0.5) is 0 Å². The van der Waals surface area contributed by atoms with Crippen LogP contribution in [-0.2, 0) is 6.54 Å². The molecular weight excluding hydrogens is 440 g/mol. The van der Waals surface area contributed by atoms with Crippen LogP contribution in [-0.4, -0.2) is 50.3 Å². The first kappa shape index (κ1) is 23.2. The fourth-order valence-corrected chi connectivity index (χ4v) is 4.91. The minimum absolute atomic E-state index is 0.0941. The number of likely N-dealkylation sites (tertiary alicyclic amines) is 1. The van der Waals surface area contributed by atoms with Crippen molar-refractivity contribution in [2.24, 2.45) is 5.92 Å². The van der Waals surface area contributed by atoms with E-state index in [9.17, 15) is 4.79 Å². The highest BCUT2D eigenvalue weighted by atomic mass is 16.5. The van der Waals surface area contributed by atoms with Crippen molar-refractivity contribution in [1.29, 1.82) is 0 Å². The monoisotopic (exact) mass is 472 g/mol. The number of tetrazole rings is 1. The molecule has 0 radical (unpaired) electrons. The summed E-state index contributed by atoms with van der Waals surface area (Å²) in [5, 5.41) is 13.8. The number of fused-ring (bicyclic) bond motifs is 1. The fourth-order valence-electron chi connectivity index (χ4n) is 4.91. The zero-order valence-electron chi connectivity index (χ0n) is 20.8. The Morgan fingerprint density at radius 3 is 2.51 bits per heavy atom. The van der Waals surface area contributed by atoms with E-state index in [1.807, 2.05) is 41.1 Å². The summed E-state index contributed by atoms with van der Waals surface area (Å²) < 4.78 is 7.10. The van der Waals surface area contributed by atoms with Crippen molar-refractivity contribution < 1.29 is 4.74 Å². The molecular formula is C27H32N6O2. The molecule has 0 spiro atoms. The maximum absolute atomic E-state index is 13.4. The lowest BCUT2D eigenvalue weighted by Crippen LogP contribution is -2.40. The topological polar surface area (TPSA) is 88.9 Å². The van der Waals surface area contributed by atoms with Gasteiger partial charge in [0.2, 0.25) is 0 Å². The predicted molar refractivity (Wildman–Crippen MR) is 136 cm³/mol. The molecule has 2 aromatic heterocycles. The molecule has 5 rings (SSSR count). The van der Waals surface area contributed by atoms with Crippen molar-refractivity contribution in [3.63, 3.8) is 0 Å². The van der Waals surface area contributed by atoms with E-state index in [4.69, 9.17) is 4.74 Å². The molecule has 0 bridgehead atoms. The second kappa shape index (κ2) is 9.62. The average Bonchev–Trinajstić information content (AvgIpc) is 3.30. The molecule has 1 saturated heterocycles. The Balaban J connectivity index is 1.59. The van der Waals surface area contributed by atoms with E-state index in [-0.39, 0.29) is 11.6 Å². The van der Waals surface area contributed by atoms with Crippen LogP contribution < -0.4 is 10.3 Å². The van der Waals surface area contributed by atoms with Crippen LogP contribution in [0, 0.1) is 19.8 Å². The van der Waals surface area contributed by atoms with Crippen molar-refractivity contribution >= 4 is 10.9 Å². The van der Waals surface area contributed by atoms with E-state index in [0.717, 1.165) is 53.7 Å². The standard InChI is InChI=1S/C27H32N6O2/c1-17-9-11-32(12-10-17)25(23-15-21-13-18(2)19(3)14-24(21)28-27(23)34)26-29-30-31-33(26)16-20-5-7-22(35-4)8-6-20/h5-8,13-15,17,25H,9-12,16H2,1-4H3,(H,28,34). The summed E-state index contributed by atoms with van der Waals surface area (Å²) in [7, 11) is 1.66. The Morgan fingerprint density at radius 1 is 1.09 bits per heavy atom. The van der Waals surface area contributed by atoms with E-state index in [1.54, 1.807) is 7.11 Å². The van der Waals surface area contributed by atoms with Crippen LogP contribution in [0.5, 0.6) is 5.75 Å². The number of rotatable bonds is 6. The SMILES string of the molecule is COc1ccc(Cn2nnnc2C(c2cc3cc(C)c(C)cc3[nH]c2=O)N2CCC(C)CC2)cc1. The molecule has 1 unspecified atom stereocenters. The van der Waals surface area contributed by atoms with Gasteiger partial charge in [-0.15, -0.1) is 5.10 Å². The van der Waals surface area contributed by atoms with Gasteiger partial charge in [0.1, 0.15) is 11.8 Å². The normalized spacial score (nSPS) is 16.0. The first-order valence-electron chi connectivity index (χ1n) is 12.2. The Morgan fingerprint density at radius 2 is 1.80 bits per heavy atom. The molecule has 3 heterocycles. The van der Waals surface area contributed by atoms with Crippen molar-refractivity contribution in [1.82, 2.24) is 30.1 Å². The smallest absolute Gasteiger partial charge is 0.253 e. The van der Waals surface area contributed by atoms with Gasteiger partial charge < -0.3 is 9.72 Å². The predicted octanol–water partition coefficient (Wildman–Crippen LogP) is 4.01. The van der Waals surface area contributed by atoms with Gasteiger partial charge in [0.25, 0.3) is 5.56 Å². The summed E-state index contributed by atoms with van der Waals surface area (Å²) in [5.74, 6) is 2.16. The van der Waals surface area contributed by atoms with Gasteiger partial charge in [0.15, 0.2) is 5.82 Å². The molecule has 182 valence electrons. The number of nitrogens with one attached hydrogen (secondary N) is 1. The minimum atomic E-state index is -0.328. The third kappa shape index (κ3) is 4.71. The third-order valence-corrected chi connectivity index (χ3v) is 7.26. The summed E-state index contributed by atoms with van der Waals surface area (Å²) in [5.41, 5.74) is 4.85. The number of H-pyrrole nitrogens is 1. The van der Waals surface area contributed by atoms with Gasteiger partial charge in [0.05, 0.1) is 13.7 Å². The number of aryl methyl sites for hydroxylation is 2. The molecule has 1 atom stereocenters. The number of methoxy groups -OCH3 is 1. The number of aromatic nitrogens is 5. The molecule has 1 aliphatic rings. The molecule has 2 aromatic carbocycles. The third-order valence-electron chi connectivity index (χ3n) is 7.26. The van der Waals surface area contributed by atoms with Gasteiger partial charge in [0, 0.05) is 11.1 Å². The number of piperidine rings is 1. The van der Waals surface area contributed by atoms with Crippen LogP contribution in [0.1, 0.15) is 53.9 Å². The van der Waals surface area contributed by atoms with Crippen molar-refractivity contribution in [3.8, 4) is 5.75 Å². The molecule has 1 N–H and O–H groups in total. The molecule has 1 aliphatic heterocycles. The molecule has 0 amide bonds. The van der Waals surface area contributed by atoms with Gasteiger partial charge >= 0.3 is 0 Å². The zero-order chi connectivity index (χ0) is 24.5. The van der Waals surface area contributed by atoms with E-state index in [0.29, 0.717) is 23.9 Å². The van der Waals surface area contributed by atoms with E-state index in [2.05, 4.69) is 52.2 Å². The number of benzene rings is 2. The molecule has 0 aliphatic carbocycles. The molecule has 35 heavy (non-hydrogen) atoms. The van der Waals surface area contributed by atoms with E-state index < -0.39 is 0 Å². The summed E-state index contributed by atoms with van der Waals surface area (Å²) in [6.07, 6.45) is 2.17. The lowest BCUT2D eigenvalue weighted by atomic mass is 9.95. The van der Waals surface area contributed by atoms with Crippen LogP contribution in [0.15, 0.2) is 47.3 Å². The van der Waals surface area contributed by atoms with Crippen molar-refractivity contribution in [3.05, 3.63) is 80.9 Å². The Kier molecular flexibility index (Phi) is 6.38. The summed E-state index contributed by atoms with van der Waals surface area (Å²) in [4.78, 5) is 18.9. The fraction of sp³-hybridized carbons (Fsp3) is 0.407. The van der Waals surface area contributed by atoms with Crippen LogP contribution in [0.25, 0.3) is 10.9 Å². The summed E-state index contributed by atoms with van der Waals surface area (Å²) in [6, 6.07) is 13.8. The van der Waals surface area contributed by atoms with Crippen LogP contribution >= 0.6 is 0 Å². The minimum Gasteiger partial charge on any atom is -0.497 e. The number of hydrogen-bond acceptors (Lipinski definition) is 6. The number of aromatic amines is 1. The van der Waals surface area contributed by atoms with Gasteiger partial charge in [-0.2, -0.15) is 0 Å². The van der Waals surface area contributed by atoms with E-state index >= 15 is 0 Å². The first-order chi connectivity index (χ1) is 16.9. The van der Waals surface area contributed by atoms with Crippen LogP contribution in [0.2, 0.25) is 0 Å². The maximum atomic E-state index is 13.4. The first-order valence-corrected chi connectivity index (χ1v) is 12.2. The molecule has 0 saturated carbocycles. The highest BCUT2D eigenvalue weighted by Gasteiger charge is 2.32. The number of hydrogen-bond donors (Lipinski definition) is 1.